The van der Waals surface area contributed by atoms with Gasteiger partial charge in [-0.25, -0.2) is 4.39 Å². The Morgan fingerprint density at radius 3 is 2.56 bits per heavy atom. The minimum Gasteiger partial charge on any atom is -0.491 e. The highest BCUT2D eigenvalue weighted by atomic mass is 19.1. The lowest BCUT2D eigenvalue weighted by Crippen LogP contribution is -2.04. The molecule has 0 spiro atoms. The Kier molecular flexibility index (Phi) is 5.75. The van der Waals surface area contributed by atoms with Crippen LogP contribution in [0.1, 0.15) is 33.6 Å². The number of hydrogen-bond acceptors (Lipinski definition) is 3. The zero-order valence-electron chi connectivity index (χ0n) is 11.3. The van der Waals surface area contributed by atoms with E-state index in [1.807, 2.05) is 0 Å². The normalized spacial score (nSPS) is 10.7. The summed E-state index contributed by atoms with van der Waals surface area (Å²) in [6, 6.07) is 2.76. The molecule has 0 aliphatic heterocycles. The van der Waals surface area contributed by atoms with E-state index in [-0.39, 0.29) is 5.75 Å². The topological polar surface area (TPSA) is 44.5 Å². The first-order valence-corrected chi connectivity index (χ1v) is 6.39. The summed E-state index contributed by atoms with van der Waals surface area (Å²) < 4.78 is 24.2. The summed E-state index contributed by atoms with van der Waals surface area (Å²) >= 11 is 0. The van der Waals surface area contributed by atoms with Gasteiger partial charge in [-0.05, 0) is 25.7 Å². The van der Waals surface area contributed by atoms with E-state index < -0.39 is 5.82 Å². The Morgan fingerprint density at radius 1 is 1.22 bits per heavy atom. The van der Waals surface area contributed by atoms with E-state index in [2.05, 4.69) is 13.8 Å². The zero-order valence-corrected chi connectivity index (χ0v) is 11.3. The van der Waals surface area contributed by atoms with Crippen LogP contribution in [0.2, 0.25) is 0 Å². The van der Waals surface area contributed by atoms with Crippen molar-refractivity contribution in [2.45, 2.75) is 33.6 Å². The summed E-state index contributed by atoms with van der Waals surface area (Å²) in [5.74, 6) is 0.871. The molecule has 4 heteroatoms. The molecule has 0 saturated heterocycles. The molecule has 102 valence electrons. The molecule has 0 fully saturated rings. The molecule has 3 nitrogen and oxygen atoms in total. The lowest BCUT2D eigenvalue weighted by atomic mass is 10.1. The van der Waals surface area contributed by atoms with E-state index in [4.69, 9.17) is 15.2 Å². The highest BCUT2D eigenvalue weighted by Crippen LogP contribution is 2.30. The van der Waals surface area contributed by atoms with Crippen molar-refractivity contribution in [1.82, 2.24) is 0 Å². The summed E-state index contributed by atoms with van der Waals surface area (Å²) in [5.41, 5.74) is 6.01. The highest BCUT2D eigenvalue weighted by molar-refractivity contribution is 5.56. The molecule has 0 radical (unpaired) electrons. The van der Waals surface area contributed by atoms with Gasteiger partial charge >= 0.3 is 0 Å². The molecule has 0 heterocycles. The van der Waals surface area contributed by atoms with Gasteiger partial charge in [0.05, 0.1) is 18.9 Å². The monoisotopic (exact) mass is 255 g/mol. The van der Waals surface area contributed by atoms with Gasteiger partial charge in [0.1, 0.15) is 5.75 Å². The van der Waals surface area contributed by atoms with Gasteiger partial charge in [0.25, 0.3) is 0 Å². The van der Waals surface area contributed by atoms with Gasteiger partial charge in [0, 0.05) is 12.1 Å². The fourth-order valence-electron chi connectivity index (χ4n) is 1.61. The van der Waals surface area contributed by atoms with Crippen molar-refractivity contribution in [2.75, 3.05) is 18.9 Å². The Morgan fingerprint density at radius 2 is 1.94 bits per heavy atom. The largest absolute Gasteiger partial charge is 0.491 e. The molecule has 1 aromatic carbocycles. The highest BCUT2D eigenvalue weighted by Gasteiger charge is 2.09. The van der Waals surface area contributed by atoms with E-state index in [9.17, 15) is 4.39 Å². The molecule has 0 aliphatic carbocycles. The van der Waals surface area contributed by atoms with E-state index in [1.165, 1.54) is 12.1 Å². The van der Waals surface area contributed by atoms with Crippen LogP contribution in [0.5, 0.6) is 11.5 Å². The number of ether oxygens (including phenoxy) is 2. The number of anilines is 1. The average molecular weight is 255 g/mol. The van der Waals surface area contributed by atoms with Gasteiger partial charge in [-0.3, -0.25) is 0 Å². The fourth-order valence-corrected chi connectivity index (χ4v) is 1.61. The molecule has 1 rings (SSSR count). The standard InChI is InChI=1S/C14H22FNO2/c1-4-17-13-9-14(12(16)8-11(13)15)18-7-5-6-10(2)3/h8-10H,4-7,16H2,1-3H3. The Hall–Kier alpha value is -1.45. The van der Waals surface area contributed by atoms with Gasteiger partial charge in [-0.15, -0.1) is 0 Å². The van der Waals surface area contributed by atoms with Crippen LogP contribution in [0.15, 0.2) is 12.1 Å². The maximum absolute atomic E-state index is 13.5. The van der Waals surface area contributed by atoms with Gasteiger partial charge in [0.15, 0.2) is 11.6 Å². The van der Waals surface area contributed by atoms with Gasteiger partial charge in [-0.2, -0.15) is 0 Å². The lowest BCUT2D eigenvalue weighted by Gasteiger charge is -2.12. The summed E-state index contributed by atoms with van der Waals surface area (Å²) in [5, 5.41) is 0. The molecule has 0 atom stereocenters. The molecule has 0 aliphatic rings. The van der Waals surface area contributed by atoms with Crippen molar-refractivity contribution in [3.63, 3.8) is 0 Å². The number of rotatable bonds is 7. The third-order valence-electron chi connectivity index (χ3n) is 2.55. The second-order valence-corrected chi connectivity index (χ2v) is 4.64. The molecule has 0 amide bonds. The number of nitrogens with two attached hydrogens (primary N) is 1. The fraction of sp³-hybridized carbons (Fsp3) is 0.571. The smallest absolute Gasteiger partial charge is 0.167 e. The van der Waals surface area contributed by atoms with Crippen LogP contribution in [-0.2, 0) is 0 Å². The van der Waals surface area contributed by atoms with E-state index in [1.54, 1.807) is 6.92 Å². The van der Waals surface area contributed by atoms with Crippen molar-refractivity contribution in [3.8, 4) is 11.5 Å². The minimum atomic E-state index is -0.455. The maximum Gasteiger partial charge on any atom is 0.167 e. The molecular formula is C14H22FNO2. The van der Waals surface area contributed by atoms with Gasteiger partial charge in [-0.1, -0.05) is 13.8 Å². The molecule has 0 saturated carbocycles. The summed E-state index contributed by atoms with van der Waals surface area (Å²) in [6.45, 7) is 7.13. The van der Waals surface area contributed by atoms with Gasteiger partial charge < -0.3 is 15.2 Å². The summed E-state index contributed by atoms with van der Waals surface area (Å²) in [6.07, 6.45) is 2.05. The SMILES string of the molecule is CCOc1cc(OCCCC(C)C)c(N)cc1F. The van der Waals surface area contributed by atoms with Crippen LogP contribution < -0.4 is 15.2 Å². The van der Waals surface area contributed by atoms with E-state index in [0.717, 1.165) is 12.8 Å². The van der Waals surface area contributed by atoms with Crippen LogP contribution in [0.3, 0.4) is 0 Å². The molecular weight excluding hydrogens is 233 g/mol. The predicted molar refractivity (Wildman–Crippen MR) is 71.5 cm³/mol. The van der Waals surface area contributed by atoms with Crippen molar-refractivity contribution < 1.29 is 13.9 Å². The number of nitrogen functional groups attached to an aromatic ring is 1. The summed E-state index contributed by atoms with van der Waals surface area (Å²) in [7, 11) is 0. The zero-order chi connectivity index (χ0) is 13.5. The molecule has 2 N–H and O–H groups in total. The second kappa shape index (κ2) is 7.09. The van der Waals surface area contributed by atoms with Crippen LogP contribution in [0, 0.1) is 11.7 Å². The Labute approximate surface area is 108 Å². The third-order valence-corrected chi connectivity index (χ3v) is 2.55. The van der Waals surface area contributed by atoms with Crippen molar-refractivity contribution in [1.29, 1.82) is 0 Å². The average Bonchev–Trinajstić information content (AvgIpc) is 2.29. The number of halogens is 1. The lowest BCUT2D eigenvalue weighted by molar-refractivity contribution is 0.290. The molecule has 1 aromatic rings. The molecule has 0 bridgehead atoms. The Bertz CT molecular complexity index is 380. The van der Waals surface area contributed by atoms with Crippen molar-refractivity contribution in [2.24, 2.45) is 5.92 Å². The first-order chi connectivity index (χ1) is 8.54. The van der Waals surface area contributed by atoms with E-state index in [0.29, 0.717) is 30.6 Å². The van der Waals surface area contributed by atoms with Crippen LogP contribution in [0.25, 0.3) is 0 Å². The Balaban J connectivity index is 2.61. The van der Waals surface area contributed by atoms with E-state index >= 15 is 0 Å². The predicted octanol–water partition coefficient (Wildman–Crippen LogP) is 3.62. The third kappa shape index (κ3) is 4.43. The van der Waals surface area contributed by atoms with Crippen LogP contribution >= 0.6 is 0 Å². The quantitative estimate of drug-likeness (QED) is 0.598. The van der Waals surface area contributed by atoms with Gasteiger partial charge in [0.2, 0.25) is 0 Å². The second-order valence-electron chi connectivity index (χ2n) is 4.64. The molecule has 0 aromatic heterocycles. The number of hydrogen-bond donors (Lipinski definition) is 1. The number of benzene rings is 1. The maximum atomic E-state index is 13.5. The van der Waals surface area contributed by atoms with Crippen molar-refractivity contribution >= 4 is 5.69 Å². The van der Waals surface area contributed by atoms with Crippen LogP contribution in [0.4, 0.5) is 10.1 Å². The molecule has 0 unspecified atom stereocenters. The minimum absolute atomic E-state index is 0.186. The summed E-state index contributed by atoms with van der Waals surface area (Å²) in [4.78, 5) is 0. The van der Waals surface area contributed by atoms with Crippen molar-refractivity contribution in [3.05, 3.63) is 17.9 Å². The molecule has 18 heavy (non-hydrogen) atoms. The first kappa shape index (κ1) is 14.6. The first-order valence-electron chi connectivity index (χ1n) is 6.39. The van der Waals surface area contributed by atoms with Crippen LogP contribution in [-0.4, -0.2) is 13.2 Å².